The van der Waals surface area contributed by atoms with E-state index in [-0.39, 0.29) is 5.97 Å². The first-order valence-corrected chi connectivity index (χ1v) is 5.81. The Morgan fingerprint density at radius 2 is 2.44 bits per heavy atom. The van der Waals surface area contributed by atoms with Crippen LogP contribution in [0.25, 0.3) is 10.2 Å². The lowest BCUT2D eigenvalue weighted by atomic mass is 10.3. The second-order valence-corrected chi connectivity index (χ2v) is 4.17. The number of anilines is 1. The topological polar surface area (TPSA) is 51.2 Å². The summed E-state index contributed by atoms with van der Waals surface area (Å²) in [5.41, 5.74) is 3.83. The molecule has 0 saturated heterocycles. The Balaban J connectivity index is 1.96. The molecule has 0 spiro atoms. The Kier molecular flexibility index (Phi) is 3.36. The van der Waals surface area contributed by atoms with Gasteiger partial charge in [-0.2, -0.15) is 0 Å². The van der Waals surface area contributed by atoms with Gasteiger partial charge in [0, 0.05) is 12.2 Å². The summed E-state index contributed by atoms with van der Waals surface area (Å²) in [7, 11) is 1.39. The number of hydrogen-bond donors (Lipinski definition) is 1. The Hall–Kier alpha value is -1.62. The van der Waals surface area contributed by atoms with Gasteiger partial charge in [0.25, 0.3) is 0 Å². The highest BCUT2D eigenvalue weighted by molar-refractivity contribution is 7.16. The first-order valence-electron chi connectivity index (χ1n) is 4.93. The van der Waals surface area contributed by atoms with Crippen LogP contribution in [0, 0.1) is 0 Å². The molecule has 0 fully saturated rings. The second kappa shape index (κ2) is 4.94. The maximum atomic E-state index is 10.9. The Bertz CT molecular complexity index is 495. The maximum absolute atomic E-state index is 10.9. The smallest absolute Gasteiger partial charge is 0.307 e. The van der Waals surface area contributed by atoms with Gasteiger partial charge in [-0.15, -0.1) is 11.3 Å². The molecule has 2 rings (SSSR count). The molecule has 16 heavy (non-hydrogen) atoms. The van der Waals surface area contributed by atoms with Crippen LogP contribution in [0.1, 0.15) is 6.42 Å². The van der Waals surface area contributed by atoms with Crippen LogP contribution < -0.4 is 5.32 Å². The molecule has 0 aliphatic rings. The van der Waals surface area contributed by atoms with E-state index in [9.17, 15) is 4.79 Å². The number of hydrogen-bond acceptors (Lipinski definition) is 5. The third-order valence-corrected chi connectivity index (χ3v) is 3.01. The molecule has 5 heteroatoms. The fourth-order valence-electron chi connectivity index (χ4n) is 1.38. The van der Waals surface area contributed by atoms with E-state index in [0.717, 1.165) is 15.9 Å². The summed E-state index contributed by atoms with van der Waals surface area (Å²) in [6.07, 6.45) is 0.372. The number of nitrogens with zero attached hydrogens (tertiary/aromatic N) is 1. The van der Waals surface area contributed by atoms with Gasteiger partial charge in [-0.05, 0) is 18.2 Å². The monoisotopic (exact) mass is 236 g/mol. The molecule has 4 nitrogen and oxygen atoms in total. The van der Waals surface area contributed by atoms with Crippen LogP contribution in [0.2, 0.25) is 0 Å². The van der Waals surface area contributed by atoms with E-state index >= 15 is 0 Å². The minimum atomic E-state index is -0.202. The number of rotatable bonds is 4. The molecule has 1 aromatic heterocycles. The number of nitrogens with one attached hydrogen (secondary N) is 1. The van der Waals surface area contributed by atoms with Gasteiger partial charge in [-0.1, -0.05) is 0 Å². The van der Waals surface area contributed by atoms with Crippen LogP contribution in [-0.2, 0) is 9.53 Å². The van der Waals surface area contributed by atoms with Crippen LogP contribution in [-0.4, -0.2) is 24.6 Å². The lowest BCUT2D eigenvalue weighted by Gasteiger charge is -2.04. The first kappa shape index (κ1) is 10.9. The molecule has 0 aliphatic carbocycles. The summed E-state index contributed by atoms with van der Waals surface area (Å²) >= 11 is 1.60. The fourth-order valence-corrected chi connectivity index (χ4v) is 2.09. The van der Waals surface area contributed by atoms with Crippen molar-refractivity contribution < 1.29 is 9.53 Å². The van der Waals surface area contributed by atoms with E-state index in [1.807, 2.05) is 23.7 Å². The van der Waals surface area contributed by atoms with Crippen molar-refractivity contribution in [3.63, 3.8) is 0 Å². The van der Waals surface area contributed by atoms with Gasteiger partial charge in [0.15, 0.2) is 0 Å². The molecule has 0 saturated carbocycles. The molecular weight excluding hydrogens is 224 g/mol. The molecule has 1 heterocycles. The maximum Gasteiger partial charge on any atom is 0.307 e. The zero-order valence-corrected chi connectivity index (χ0v) is 9.71. The van der Waals surface area contributed by atoms with E-state index in [0.29, 0.717) is 13.0 Å². The van der Waals surface area contributed by atoms with Gasteiger partial charge in [-0.25, -0.2) is 4.98 Å². The average molecular weight is 236 g/mol. The van der Waals surface area contributed by atoms with Crippen molar-refractivity contribution in [3.05, 3.63) is 23.7 Å². The highest BCUT2D eigenvalue weighted by Gasteiger charge is 2.01. The molecule has 0 atom stereocenters. The molecule has 0 unspecified atom stereocenters. The van der Waals surface area contributed by atoms with Gasteiger partial charge in [-0.3, -0.25) is 4.79 Å². The SMILES string of the molecule is COC(=O)CCNc1ccc2ncsc2c1. The van der Waals surface area contributed by atoms with Gasteiger partial charge in [0.2, 0.25) is 0 Å². The van der Waals surface area contributed by atoms with E-state index in [2.05, 4.69) is 15.0 Å². The van der Waals surface area contributed by atoms with E-state index < -0.39 is 0 Å². The molecular formula is C11H12N2O2S. The predicted octanol–water partition coefficient (Wildman–Crippen LogP) is 2.27. The van der Waals surface area contributed by atoms with Crippen molar-refractivity contribution in [2.75, 3.05) is 19.0 Å². The normalized spacial score (nSPS) is 10.3. The minimum absolute atomic E-state index is 0.202. The number of thiazole rings is 1. The number of ether oxygens (including phenoxy) is 1. The van der Waals surface area contributed by atoms with Crippen molar-refractivity contribution in [2.24, 2.45) is 0 Å². The third kappa shape index (κ3) is 2.49. The number of esters is 1. The zero-order valence-electron chi connectivity index (χ0n) is 8.90. The summed E-state index contributed by atoms with van der Waals surface area (Å²) in [5.74, 6) is -0.202. The number of methoxy groups -OCH3 is 1. The molecule has 84 valence electrons. The van der Waals surface area contributed by atoms with Crippen LogP contribution in [0.5, 0.6) is 0 Å². The van der Waals surface area contributed by atoms with Crippen LogP contribution in [0.4, 0.5) is 5.69 Å². The summed E-state index contributed by atoms with van der Waals surface area (Å²) in [6.45, 7) is 0.580. The second-order valence-electron chi connectivity index (χ2n) is 3.29. The molecule has 2 aromatic rings. The van der Waals surface area contributed by atoms with Crippen molar-refractivity contribution in [3.8, 4) is 0 Å². The third-order valence-electron chi connectivity index (χ3n) is 2.22. The van der Waals surface area contributed by atoms with Crippen molar-refractivity contribution in [1.82, 2.24) is 4.98 Å². The molecule has 1 aromatic carbocycles. The summed E-state index contributed by atoms with van der Waals surface area (Å²) in [5, 5.41) is 3.17. The van der Waals surface area contributed by atoms with E-state index in [1.54, 1.807) is 11.3 Å². The van der Waals surface area contributed by atoms with Crippen LogP contribution in [0.3, 0.4) is 0 Å². The number of benzene rings is 1. The van der Waals surface area contributed by atoms with Crippen LogP contribution >= 0.6 is 11.3 Å². The summed E-state index contributed by atoms with van der Waals surface area (Å²) < 4.78 is 5.70. The molecule has 0 radical (unpaired) electrons. The Morgan fingerprint density at radius 3 is 3.25 bits per heavy atom. The highest BCUT2D eigenvalue weighted by atomic mass is 32.1. The molecule has 1 N–H and O–H groups in total. The standard InChI is InChI=1S/C11H12N2O2S/c1-15-11(14)4-5-12-8-2-3-9-10(6-8)16-7-13-9/h2-3,6-7,12H,4-5H2,1H3. The van der Waals surface area contributed by atoms with Crippen molar-refractivity contribution in [2.45, 2.75) is 6.42 Å². The lowest BCUT2D eigenvalue weighted by molar-refractivity contribution is -0.140. The van der Waals surface area contributed by atoms with Crippen molar-refractivity contribution >= 4 is 33.2 Å². The Labute approximate surface area is 97.3 Å². The number of fused-ring (bicyclic) bond motifs is 1. The summed E-state index contributed by atoms with van der Waals surface area (Å²) in [4.78, 5) is 15.1. The lowest BCUT2D eigenvalue weighted by Crippen LogP contribution is -2.09. The zero-order chi connectivity index (χ0) is 11.4. The predicted molar refractivity (Wildman–Crippen MR) is 64.7 cm³/mol. The van der Waals surface area contributed by atoms with Crippen LogP contribution in [0.15, 0.2) is 23.7 Å². The number of aromatic nitrogens is 1. The quantitative estimate of drug-likeness (QED) is 0.827. The largest absolute Gasteiger partial charge is 0.469 e. The van der Waals surface area contributed by atoms with Crippen molar-refractivity contribution in [1.29, 1.82) is 0 Å². The molecule has 0 bridgehead atoms. The Morgan fingerprint density at radius 1 is 1.56 bits per heavy atom. The highest BCUT2D eigenvalue weighted by Crippen LogP contribution is 2.21. The van der Waals surface area contributed by atoms with Gasteiger partial charge < -0.3 is 10.1 Å². The van der Waals surface area contributed by atoms with Gasteiger partial charge >= 0.3 is 5.97 Å². The summed E-state index contributed by atoms with van der Waals surface area (Å²) in [6, 6.07) is 5.95. The fraction of sp³-hybridized carbons (Fsp3) is 0.273. The van der Waals surface area contributed by atoms with Gasteiger partial charge in [0.05, 0.1) is 29.3 Å². The number of carbonyl (C=O) groups excluding carboxylic acids is 1. The first-order chi connectivity index (χ1) is 7.79. The number of carbonyl (C=O) groups is 1. The van der Waals surface area contributed by atoms with E-state index in [1.165, 1.54) is 7.11 Å². The molecule has 0 aliphatic heterocycles. The average Bonchev–Trinajstić information content (AvgIpc) is 2.76. The van der Waals surface area contributed by atoms with Gasteiger partial charge in [0.1, 0.15) is 0 Å². The molecule has 0 amide bonds. The minimum Gasteiger partial charge on any atom is -0.469 e. The van der Waals surface area contributed by atoms with E-state index in [4.69, 9.17) is 0 Å².